The molecule has 0 spiro atoms. The highest BCUT2D eigenvalue weighted by molar-refractivity contribution is 7.13. The number of aryl methyl sites for hydroxylation is 1. The Morgan fingerprint density at radius 2 is 1.49 bits per heavy atom. The molecule has 0 bridgehead atoms. The molecule has 2 amide bonds. The van der Waals surface area contributed by atoms with Crippen molar-refractivity contribution in [3.63, 3.8) is 0 Å². The van der Waals surface area contributed by atoms with Crippen molar-refractivity contribution >= 4 is 40.7 Å². The van der Waals surface area contributed by atoms with Crippen molar-refractivity contribution in [1.29, 1.82) is 0 Å². The highest BCUT2D eigenvalue weighted by Crippen LogP contribution is 2.31. The van der Waals surface area contributed by atoms with Gasteiger partial charge in [0.15, 0.2) is 5.69 Å². The number of rotatable bonds is 8. The lowest BCUT2D eigenvalue weighted by molar-refractivity contribution is -0.119. The van der Waals surface area contributed by atoms with Crippen molar-refractivity contribution in [3.8, 4) is 22.1 Å². The van der Waals surface area contributed by atoms with Crippen LogP contribution in [0.3, 0.4) is 0 Å². The van der Waals surface area contributed by atoms with Gasteiger partial charge in [0.25, 0.3) is 5.91 Å². The number of halogens is 6. The van der Waals surface area contributed by atoms with Crippen LogP contribution < -0.4 is 20.1 Å². The second-order valence-electron chi connectivity index (χ2n) is 9.36. The second-order valence-corrected chi connectivity index (χ2v) is 10.6. The predicted octanol–water partition coefficient (Wildman–Crippen LogP) is 7.66. The number of aromatic nitrogens is 1. The van der Waals surface area contributed by atoms with Crippen molar-refractivity contribution in [1.82, 2.24) is 15.6 Å². The lowest BCUT2D eigenvalue weighted by atomic mass is 10.2. The largest absolute Gasteiger partial charge is 0.489 e. The molecule has 0 atom stereocenters. The summed E-state index contributed by atoms with van der Waals surface area (Å²) in [5, 5.41) is 6.94. The molecule has 1 heterocycles. The van der Waals surface area contributed by atoms with Gasteiger partial charge in [-0.15, -0.1) is 11.3 Å². The van der Waals surface area contributed by atoms with E-state index in [1.807, 2.05) is 46.8 Å². The van der Waals surface area contributed by atoms with Crippen molar-refractivity contribution in [3.05, 3.63) is 98.8 Å². The van der Waals surface area contributed by atoms with E-state index in [9.17, 15) is 36.3 Å². The highest BCUT2D eigenvalue weighted by atomic mass is 35.5. The van der Waals surface area contributed by atoms with Crippen LogP contribution >= 0.6 is 22.9 Å². The summed E-state index contributed by atoms with van der Waals surface area (Å²) in [5.41, 5.74) is 1.76. The molecule has 47 heavy (non-hydrogen) atoms. The van der Waals surface area contributed by atoms with Gasteiger partial charge >= 0.3 is 5.97 Å². The maximum Gasteiger partial charge on any atom is 0.363 e. The summed E-state index contributed by atoms with van der Waals surface area (Å²) in [6, 6.07) is 11.9. The first-order valence-corrected chi connectivity index (χ1v) is 15.2. The fourth-order valence-corrected chi connectivity index (χ4v) is 4.38. The van der Waals surface area contributed by atoms with Crippen LogP contribution in [0.5, 0.6) is 11.5 Å². The minimum absolute atomic E-state index is 0.00502. The fourth-order valence-electron chi connectivity index (χ4n) is 3.36. The topological polar surface area (TPSA) is 107 Å². The van der Waals surface area contributed by atoms with Gasteiger partial charge < -0.3 is 20.1 Å². The molecular formula is C32H31ClF5N3O5S. The van der Waals surface area contributed by atoms with Gasteiger partial charge in [0, 0.05) is 23.6 Å². The van der Waals surface area contributed by atoms with Crippen LogP contribution in [0.4, 0.5) is 22.0 Å². The quantitative estimate of drug-likeness (QED) is 0.0643. The van der Waals surface area contributed by atoms with Crippen LogP contribution in [-0.4, -0.2) is 42.5 Å². The van der Waals surface area contributed by atoms with E-state index in [1.54, 1.807) is 24.3 Å². The molecule has 2 N–H and O–H groups in total. The van der Waals surface area contributed by atoms with Gasteiger partial charge in [-0.1, -0.05) is 55.3 Å². The molecule has 4 aromatic rings. The molecule has 0 aliphatic heterocycles. The molecule has 0 aliphatic rings. The zero-order valence-corrected chi connectivity index (χ0v) is 27.6. The minimum atomic E-state index is -2.34. The molecule has 0 saturated carbocycles. The summed E-state index contributed by atoms with van der Waals surface area (Å²) in [6.45, 7) is 9.59. The molecule has 1 aromatic heterocycles. The number of ether oxygens (including phenoxy) is 2. The summed E-state index contributed by atoms with van der Waals surface area (Å²) in [7, 11) is 1.50. The summed E-state index contributed by atoms with van der Waals surface area (Å²) in [6.07, 6.45) is 0.00502. The van der Waals surface area contributed by atoms with Gasteiger partial charge in [-0.2, -0.15) is 8.78 Å². The molecular weight excluding hydrogens is 669 g/mol. The number of likely N-dealkylation sites (N-methyl/N-ethyl adjacent to an activating group) is 1. The Morgan fingerprint density at radius 1 is 0.915 bits per heavy atom. The van der Waals surface area contributed by atoms with Crippen LogP contribution in [0.15, 0.2) is 47.8 Å². The Balaban J connectivity index is 0.000000325. The number of thiazole rings is 1. The highest BCUT2D eigenvalue weighted by Gasteiger charge is 2.29. The van der Waals surface area contributed by atoms with Gasteiger partial charge in [0.2, 0.25) is 40.7 Å². The smallest absolute Gasteiger partial charge is 0.363 e. The van der Waals surface area contributed by atoms with E-state index in [-0.39, 0.29) is 30.2 Å². The van der Waals surface area contributed by atoms with Gasteiger partial charge in [-0.3, -0.25) is 9.59 Å². The first-order chi connectivity index (χ1) is 22.2. The lowest BCUT2D eigenvalue weighted by Gasteiger charge is -2.12. The van der Waals surface area contributed by atoms with E-state index in [0.717, 1.165) is 16.9 Å². The Labute approximate surface area is 276 Å². The SMILES string of the molecule is CC.CNC(=O)CNC(=O)c1ccc(OC(C)C)c(Cl)c1.Cc1ccc(-c2nc(C(=O)Oc3c(F)c(F)c(F)c(F)c3F)cs2)cc1. The molecule has 4 rings (SSSR count). The third-order valence-corrected chi connectivity index (χ3v) is 6.81. The van der Waals surface area contributed by atoms with Crippen LogP contribution in [0.25, 0.3) is 10.6 Å². The van der Waals surface area contributed by atoms with E-state index in [2.05, 4.69) is 20.4 Å². The lowest BCUT2D eigenvalue weighted by Crippen LogP contribution is -2.35. The molecule has 252 valence electrons. The maximum atomic E-state index is 13.6. The minimum Gasteiger partial charge on any atom is -0.489 e. The van der Waals surface area contributed by atoms with Gasteiger partial charge in [-0.05, 0) is 39.0 Å². The average Bonchev–Trinajstić information content (AvgIpc) is 3.56. The third-order valence-electron chi connectivity index (χ3n) is 5.62. The fraction of sp³-hybridized carbons (Fsp3) is 0.250. The summed E-state index contributed by atoms with van der Waals surface area (Å²) in [5.74, 6) is -14.3. The summed E-state index contributed by atoms with van der Waals surface area (Å²) >= 11 is 7.08. The number of nitrogens with one attached hydrogen (secondary N) is 2. The number of carbonyl (C=O) groups is 3. The van der Waals surface area contributed by atoms with Gasteiger partial charge in [0.05, 0.1) is 17.7 Å². The molecule has 0 fully saturated rings. The zero-order valence-electron chi connectivity index (χ0n) is 26.1. The Kier molecular flexibility index (Phi) is 14.8. The van der Waals surface area contributed by atoms with E-state index in [0.29, 0.717) is 26.9 Å². The second kappa shape index (κ2) is 18.0. The maximum absolute atomic E-state index is 13.6. The standard InChI is InChI=1S/C17H8F5NO2S.C13H17ClN2O3.C2H6/c1-7-2-4-8(5-3-7)16-23-9(6-26-16)17(24)25-15-13(21)11(19)10(18)12(20)14(15)22;1-8(2)19-11-5-4-9(6-10(11)14)13(18)16-7-12(17)15-3;1-2/h2-6H,1H3;4-6,8H,7H2,1-3H3,(H,15,17)(H,16,18);1-2H3. The Morgan fingerprint density at radius 3 is 2.02 bits per heavy atom. The normalized spacial score (nSPS) is 10.2. The van der Waals surface area contributed by atoms with Crippen LogP contribution in [0.2, 0.25) is 5.02 Å². The zero-order chi connectivity index (χ0) is 35.4. The summed E-state index contributed by atoms with van der Waals surface area (Å²) in [4.78, 5) is 38.7. The van der Waals surface area contributed by atoms with Crippen LogP contribution in [0, 0.1) is 36.0 Å². The monoisotopic (exact) mass is 699 g/mol. The first kappa shape index (κ1) is 38.6. The molecule has 0 saturated heterocycles. The molecule has 15 heteroatoms. The molecule has 0 unspecified atom stereocenters. The van der Waals surface area contributed by atoms with Crippen molar-refractivity contribution in [2.75, 3.05) is 13.6 Å². The number of hydrogen-bond donors (Lipinski definition) is 2. The molecule has 0 radical (unpaired) electrons. The number of esters is 1. The van der Waals surface area contributed by atoms with Gasteiger partial charge in [0.1, 0.15) is 10.8 Å². The van der Waals surface area contributed by atoms with E-state index >= 15 is 0 Å². The first-order valence-electron chi connectivity index (χ1n) is 13.9. The number of benzene rings is 3. The number of amides is 2. The van der Waals surface area contributed by atoms with Crippen molar-refractivity contribution < 1.29 is 45.8 Å². The van der Waals surface area contributed by atoms with Crippen molar-refractivity contribution in [2.45, 2.75) is 40.7 Å². The molecule has 8 nitrogen and oxygen atoms in total. The number of hydrogen-bond acceptors (Lipinski definition) is 7. The van der Waals surface area contributed by atoms with Crippen molar-refractivity contribution in [2.24, 2.45) is 0 Å². The third kappa shape index (κ3) is 10.5. The average molecular weight is 700 g/mol. The molecule has 0 aliphatic carbocycles. The predicted molar refractivity (Wildman–Crippen MR) is 168 cm³/mol. The van der Waals surface area contributed by atoms with Gasteiger partial charge in [-0.25, -0.2) is 22.9 Å². The summed E-state index contributed by atoms with van der Waals surface area (Å²) < 4.78 is 76.3. The van der Waals surface area contributed by atoms with E-state index in [1.165, 1.54) is 18.5 Å². The van der Waals surface area contributed by atoms with Crippen LogP contribution in [0.1, 0.15) is 54.1 Å². The van der Waals surface area contributed by atoms with E-state index in [4.69, 9.17) is 16.3 Å². The van der Waals surface area contributed by atoms with E-state index < -0.39 is 40.8 Å². The number of nitrogens with zero attached hydrogens (tertiary/aromatic N) is 1. The Hall–Kier alpha value is -4.56. The Bertz CT molecular complexity index is 1690. The number of carbonyl (C=O) groups excluding carboxylic acids is 3. The van der Waals surface area contributed by atoms with Crippen LogP contribution in [-0.2, 0) is 4.79 Å². The molecule has 3 aromatic carbocycles.